The number of rotatable bonds is 9. The highest BCUT2D eigenvalue weighted by molar-refractivity contribution is 5.95. The quantitative estimate of drug-likeness (QED) is 0.509. The maximum atomic E-state index is 12.3. The van der Waals surface area contributed by atoms with Gasteiger partial charge in [0, 0.05) is 12.1 Å². The molecule has 5 heteroatoms. The molecule has 0 aliphatic rings. The number of carbonyl (C=O) groups excluding carboxylic acids is 2. The lowest BCUT2D eigenvalue weighted by Gasteiger charge is -2.15. The fourth-order valence-corrected chi connectivity index (χ4v) is 3.10. The van der Waals surface area contributed by atoms with Gasteiger partial charge in [0.25, 0.3) is 5.91 Å². The van der Waals surface area contributed by atoms with E-state index in [2.05, 4.69) is 12.2 Å². The number of carbonyl (C=O) groups is 2. The lowest BCUT2D eigenvalue weighted by atomic mass is 10.0. The average Bonchev–Trinajstić information content (AvgIpc) is 2.79. The molecule has 1 atom stereocenters. The Morgan fingerprint density at radius 3 is 2.26 bits per heavy atom. The Kier molecular flexibility index (Phi) is 7.82. The van der Waals surface area contributed by atoms with Crippen LogP contribution in [0, 0.1) is 0 Å². The van der Waals surface area contributed by atoms with E-state index in [4.69, 9.17) is 9.47 Å². The van der Waals surface area contributed by atoms with Gasteiger partial charge in [-0.25, -0.2) is 4.79 Å². The highest BCUT2D eigenvalue weighted by Gasteiger charge is 2.18. The predicted octanol–water partition coefficient (Wildman–Crippen LogP) is 4.79. The lowest BCUT2D eigenvalue weighted by molar-refractivity contribution is -0.155. The Labute approximate surface area is 183 Å². The maximum absolute atomic E-state index is 12.3. The van der Waals surface area contributed by atoms with Crippen LogP contribution in [0.15, 0.2) is 78.9 Å². The number of hydrogen-bond acceptors (Lipinski definition) is 4. The van der Waals surface area contributed by atoms with Gasteiger partial charge in [0.15, 0.2) is 12.7 Å². The van der Waals surface area contributed by atoms with E-state index in [0.29, 0.717) is 17.9 Å². The zero-order valence-electron chi connectivity index (χ0n) is 17.8. The molecule has 0 saturated carbocycles. The van der Waals surface area contributed by atoms with Crippen molar-refractivity contribution in [3.8, 4) is 5.75 Å². The van der Waals surface area contributed by atoms with Crippen LogP contribution in [0.3, 0.4) is 0 Å². The van der Waals surface area contributed by atoms with Crippen molar-refractivity contribution in [2.75, 3.05) is 11.9 Å². The van der Waals surface area contributed by atoms with E-state index in [1.807, 2.05) is 78.9 Å². The number of benzene rings is 3. The molecule has 0 saturated heterocycles. The second-order valence-electron chi connectivity index (χ2n) is 7.23. The molecular weight excluding hydrogens is 390 g/mol. The fraction of sp³-hybridized carbons (Fsp3) is 0.231. The summed E-state index contributed by atoms with van der Waals surface area (Å²) in [5.74, 6) is -0.364. The predicted molar refractivity (Wildman–Crippen MR) is 121 cm³/mol. The van der Waals surface area contributed by atoms with Crippen LogP contribution in [0.2, 0.25) is 0 Å². The summed E-state index contributed by atoms with van der Waals surface area (Å²) in [4.78, 5) is 24.5. The van der Waals surface area contributed by atoms with Crippen molar-refractivity contribution in [3.05, 3.63) is 95.6 Å². The van der Waals surface area contributed by atoms with Crippen LogP contribution in [-0.4, -0.2) is 24.6 Å². The van der Waals surface area contributed by atoms with E-state index in [9.17, 15) is 9.59 Å². The molecule has 160 valence electrons. The molecule has 1 N–H and O–H groups in total. The van der Waals surface area contributed by atoms with Crippen LogP contribution in [0.25, 0.3) is 0 Å². The standard InChI is InChI=1S/C26H27NO4/c1-3-20-13-15-23(16-14-20)27-26(29)19(2)31-25(28)18-30-24-12-8-7-11-22(24)17-21-9-5-4-6-10-21/h4-16,19H,3,17-18H2,1-2H3,(H,27,29)/t19-/m0/s1. The van der Waals surface area contributed by atoms with Crippen LogP contribution in [0.1, 0.15) is 30.5 Å². The Bertz CT molecular complexity index is 999. The first-order valence-corrected chi connectivity index (χ1v) is 10.4. The van der Waals surface area contributed by atoms with Crippen molar-refractivity contribution in [1.29, 1.82) is 0 Å². The molecule has 0 aliphatic heterocycles. The molecule has 0 bridgehead atoms. The minimum absolute atomic E-state index is 0.269. The van der Waals surface area contributed by atoms with Crippen molar-refractivity contribution >= 4 is 17.6 Å². The highest BCUT2D eigenvalue weighted by atomic mass is 16.6. The number of hydrogen-bond donors (Lipinski definition) is 1. The molecule has 0 fully saturated rings. The number of nitrogens with one attached hydrogen (secondary N) is 1. The topological polar surface area (TPSA) is 64.6 Å². The number of esters is 1. The molecule has 0 spiro atoms. The third-order valence-corrected chi connectivity index (χ3v) is 4.86. The molecule has 1 amide bonds. The van der Waals surface area contributed by atoms with Crippen LogP contribution in [0.5, 0.6) is 5.75 Å². The van der Waals surface area contributed by atoms with E-state index >= 15 is 0 Å². The summed E-state index contributed by atoms with van der Waals surface area (Å²) in [5.41, 5.74) is 3.97. The zero-order chi connectivity index (χ0) is 22.1. The summed E-state index contributed by atoms with van der Waals surface area (Å²) < 4.78 is 10.9. The Morgan fingerprint density at radius 1 is 0.871 bits per heavy atom. The molecule has 3 rings (SSSR count). The molecule has 3 aromatic carbocycles. The fourth-order valence-electron chi connectivity index (χ4n) is 3.10. The first-order chi connectivity index (χ1) is 15.0. The summed E-state index contributed by atoms with van der Waals surface area (Å²) in [6, 6.07) is 25.2. The van der Waals surface area contributed by atoms with Gasteiger partial charge in [-0.1, -0.05) is 67.6 Å². The van der Waals surface area contributed by atoms with Crippen molar-refractivity contribution in [2.45, 2.75) is 32.8 Å². The summed E-state index contributed by atoms with van der Waals surface area (Å²) >= 11 is 0. The minimum atomic E-state index is -0.929. The van der Waals surface area contributed by atoms with Crippen LogP contribution < -0.4 is 10.1 Å². The number of anilines is 1. The molecule has 0 aliphatic carbocycles. The van der Waals surface area contributed by atoms with Gasteiger partial charge in [-0.2, -0.15) is 0 Å². The SMILES string of the molecule is CCc1ccc(NC(=O)[C@H](C)OC(=O)COc2ccccc2Cc2ccccc2)cc1. The normalized spacial score (nSPS) is 11.4. The average molecular weight is 418 g/mol. The monoisotopic (exact) mass is 417 g/mol. The molecule has 0 unspecified atom stereocenters. The third kappa shape index (κ3) is 6.71. The Hall–Kier alpha value is -3.60. The molecule has 0 heterocycles. The smallest absolute Gasteiger partial charge is 0.344 e. The van der Waals surface area contributed by atoms with E-state index in [1.54, 1.807) is 0 Å². The van der Waals surface area contributed by atoms with Crippen molar-refractivity contribution in [1.82, 2.24) is 0 Å². The van der Waals surface area contributed by atoms with Gasteiger partial charge in [-0.15, -0.1) is 0 Å². The second kappa shape index (κ2) is 11.0. The van der Waals surface area contributed by atoms with Gasteiger partial charge < -0.3 is 14.8 Å². The number of aryl methyl sites for hydroxylation is 1. The second-order valence-corrected chi connectivity index (χ2v) is 7.23. The maximum Gasteiger partial charge on any atom is 0.344 e. The lowest BCUT2D eigenvalue weighted by Crippen LogP contribution is -2.31. The van der Waals surface area contributed by atoms with Gasteiger partial charge in [-0.3, -0.25) is 4.79 Å². The van der Waals surface area contributed by atoms with Crippen LogP contribution >= 0.6 is 0 Å². The van der Waals surface area contributed by atoms with Crippen molar-refractivity contribution in [2.24, 2.45) is 0 Å². The molecule has 3 aromatic rings. The van der Waals surface area contributed by atoms with Gasteiger partial charge >= 0.3 is 5.97 Å². The zero-order valence-corrected chi connectivity index (χ0v) is 17.8. The Balaban J connectivity index is 1.51. The number of amides is 1. The summed E-state index contributed by atoms with van der Waals surface area (Å²) in [7, 11) is 0. The first-order valence-electron chi connectivity index (χ1n) is 10.4. The molecule has 0 aromatic heterocycles. The van der Waals surface area contributed by atoms with Gasteiger partial charge in [-0.05, 0) is 48.2 Å². The van der Waals surface area contributed by atoms with Crippen molar-refractivity contribution in [3.63, 3.8) is 0 Å². The summed E-state index contributed by atoms with van der Waals surface area (Å²) in [5, 5.41) is 2.75. The first kappa shape index (κ1) is 22.1. The van der Waals surface area contributed by atoms with E-state index in [0.717, 1.165) is 17.5 Å². The largest absolute Gasteiger partial charge is 0.482 e. The molecule has 0 radical (unpaired) electrons. The van der Waals surface area contributed by atoms with Crippen molar-refractivity contribution < 1.29 is 19.1 Å². The molecule has 5 nitrogen and oxygen atoms in total. The Morgan fingerprint density at radius 2 is 1.55 bits per heavy atom. The van der Waals surface area contributed by atoms with Crippen LogP contribution in [0.4, 0.5) is 5.69 Å². The van der Waals surface area contributed by atoms with Gasteiger partial charge in [0.2, 0.25) is 0 Å². The highest BCUT2D eigenvalue weighted by Crippen LogP contribution is 2.21. The third-order valence-electron chi connectivity index (χ3n) is 4.86. The van der Waals surface area contributed by atoms with Gasteiger partial charge in [0.05, 0.1) is 0 Å². The summed E-state index contributed by atoms with van der Waals surface area (Å²) in [6.07, 6.45) is 0.694. The van der Waals surface area contributed by atoms with E-state index < -0.39 is 12.1 Å². The minimum Gasteiger partial charge on any atom is -0.482 e. The van der Waals surface area contributed by atoms with E-state index in [-0.39, 0.29) is 12.5 Å². The van der Waals surface area contributed by atoms with E-state index in [1.165, 1.54) is 12.5 Å². The van der Waals surface area contributed by atoms with Gasteiger partial charge in [0.1, 0.15) is 5.75 Å². The molecular formula is C26H27NO4. The number of para-hydroxylation sites is 1. The van der Waals surface area contributed by atoms with Crippen LogP contribution in [-0.2, 0) is 27.2 Å². The summed E-state index contributed by atoms with van der Waals surface area (Å²) in [6.45, 7) is 3.34. The molecule has 31 heavy (non-hydrogen) atoms. The number of ether oxygens (including phenoxy) is 2.